The maximum Gasteiger partial charge on any atom is 0.264 e. The van der Waals surface area contributed by atoms with Gasteiger partial charge in [0.05, 0.1) is 58.8 Å². The van der Waals surface area contributed by atoms with Gasteiger partial charge in [0.15, 0.2) is 5.60 Å². The van der Waals surface area contributed by atoms with Crippen molar-refractivity contribution in [2.24, 2.45) is 5.92 Å². The van der Waals surface area contributed by atoms with Crippen LogP contribution in [0.4, 0.5) is 11.4 Å². The summed E-state index contributed by atoms with van der Waals surface area (Å²) < 4.78 is 20.5. The van der Waals surface area contributed by atoms with E-state index in [2.05, 4.69) is 42.5 Å². The van der Waals surface area contributed by atoms with E-state index in [1.165, 1.54) is 5.19 Å². The first-order chi connectivity index (χ1) is 27.6. The number of ether oxygens (including phenoxy) is 3. The largest absolute Gasteiger partial charge is 0.497 e. The SMILES string of the molecule is COc1ccc([Si](C)(C)[C@@H]2[C@@H](CCn3cc(C(CO)c4ccccc4)nn3)O[C@]3(C(=O)N(Cc4ccc(N5CCCC5=O)cc4)c4ccc(OC)cc43)[C@H]2C)cc1. The summed E-state index contributed by atoms with van der Waals surface area (Å²) in [7, 11) is 0.930. The lowest BCUT2D eigenvalue weighted by atomic mass is 9.82. The molecule has 296 valence electrons. The number of carbonyl (C=O) groups excluding carboxylic acids is 2. The number of aryl methyl sites for hydroxylation is 1. The Bertz CT molecular complexity index is 2230. The van der Waals surface area contributed by atoms with Crippen LogP contribution in [0.1, 0.15) is 54.5 Å². The van der Waals surface area contributed by atoms with E-state index in [1.54, 1.807) is 14.2 Å². The first kappa shape index (κ1) is 38.6. The molecule has 3 aliphatic rings. The van der Waals surface area contributed by atoms with E-state index in [9.17, 15) is 9.90 Å². The molecule has 0 radical (unpaired) electrons. The smallest absolute Gasteiger partial charge is 0.264 e. The minimum absolute atomic E-state index is 0.0311. The fourth-order valence-electron chi connectivity index (χ4n) is 9.63. The summed E-state index contributed by atoms with van der Waals surface area (Å²) in [5.41, 5.74) is 3.94. The molecule has 1 aromatic heterocycles. The standard InChI is InChI=1S/C45H51N5O6Si/c1-30-43(57(4,5)36-20-17-34(54-2)18-21-36)41(23-25-48-28-39(46-47-48)37(29-51)32-10-7-6-8-11-32)56-45(30)38-26-35(55-3)19-22-40(38)50(44(45)53)27-31-13-15-33(16-14-31)49-24-9-12-42(49)52/h6-8,10-11,13-22,26,28,30,37,41,43,51H,9,12,23-25,27,29H2,1-5H3/t30-,37?,41+,43-,45+/m0/s1. The maximum atomic E-state index is 15.3. The summed E-state index contributed by atoms with van der Waals surface area (Å²) in [5, 5.41) is 20.6. The molecule has 12 heteroatoms. The third kappa shape index (κ3) is 6.83. The maximum absolute atomic E-state index is 15.3. The lowest BCUT2D eigenvalue weighted by Gasteiger charge is -2.37. The number of hydrogen-bond donors (Lipinski definition) is 1. The summed E-state index contributed by atoms with van der Waals surface area (Å²) in [6.45, 7) is 8.46. The fraction of sp³-hybridized carbons (Fsp3) is 0.378. The highest BCUT2D eigenvalue weighted by molar-refractivity contribution is 6.91. The van der Waals surface area contributed by atoms with Crippen molar-refractivity contribution in [3.63, 3.8) is 0 Å². The molecule has 1 spiro atoms. The van der Waals surface area contributed by atoms with Crippen molar-refractivity contribution >= 4 is 36.4 Å². The predicted molar refractivity (Wildman–Crippen MR) is 222 cm³/mol. The Kier molecular flexibility index (Phi) is 10.5. The van der Waals surface area contributed by atoms with Crippen molar-refractivity contribution in [2.45, 2.75) is 75.5 Å². The van der Waals surface area contributed by atoms with Crippen molar-refractivity contribution in [3.8, 4) is 11.5 Å². The Morgan fingerprint density at radius 1 is 0.947 bits per heavy atom. The van der Waals surface area contributed by atoms with Gasteiger partial charge in [-0.05, 0) is 72.0 Å². The number of aromatic nitrogens is 3. The lowest BCUT2D eigenvalue weighted by molar-refractivity contribution is -0.146. The molecule has 8 rings (SSSR count). The average molecular weight is 786 g/mol. The highest BCUT2D eigenvalue weighted by Crippen LogP contribution is 2.60. The number of nitrogens with zero attached hydrogens (tertiary/aromatic N) is 5. The van der Waals surface area contributed by atoms with Gasteiger partial charge in [-0.2, -0.15) is 0 Å². The molecule has 0 saturated carbocycles. The van der Waals surface area contributed by atoms with Crippen LogP contribution in [0.15, 0.2) is 103 Å². The van der Waals surface area contributed by atoms with Crippen LogP contribution in [0.3, 0.4) is 0 Å². The number of fused-ring (bicyclic) bond motifs is 2. The van der Waals surface area contributed by atoms with Crippen molar-refractivity contribution < 1.29 is 28.9 Å². The molecule has 0 aliphatic carbocycles. The summed E-state index contributed by atoms with van der Waals surface area (Å²) in [6.07, 6.45) is 3.66. The Labute approximate surface area is 335 Å². The lowest BCUT2D eigenvalue weighted by Crippen LogP contribution is -2.51. The predicted octanol–water partition coefficient (Wildman–Crippen LogP) is 6.40. The van der Waals surface area contributed by atoms with E-state index in [4.69, 9.17) is 14.2 Å². The number of aliphatic hydroxyl groups excluding tert-OH is 1. The normalized spacial score (nSPS) is 22.4. The van der Waals surface area contributed by atoms with Crippen LogP contribution in [-0.4, -0.2) is 73.5 Å². The van der Waals surface area contributed by atoms with Crippen LogP contribution in [0.5, 0.6) is 11.5 Å². The van der Waals surface area contributed by atoms with Crippen LogP contribution < -0.4 is 24.5 Å². The van der Waals surface area contributed by atoms with Gasteiger partial charge in [0.2, 0.25) is 5.91 Å². The highest BCUT2D eigenvalue weighted by Gasteiger charge is 2.66. The number of benzene rings is 4. The van der Waals surface area contributed by atoms with Crippen molar-refractivity contribution in [1.29, 1.82) is 0 Å². The molecule has 11 nitrogen and oxygen atoms in total. The Morgan fingerprint density at radius 2 is 1.67 bits per heavy atom. The fourth-order valence-corrected chi connectivity index (χ4v) is 13.7. The Hall–Kier alpha value is -5.30. The van der Waals surface area contributed by atoms with Gasteiger partial charge in [-0.1, -0.05) is 85.0 Å². The minimum atomic E-state index is -2.39. The van der Waals surface area contributed by atoms with Gasteiger partial charge in [-0.15, -0.1) is 5.10 Å². The van der Waals surface area contributed by atoms with Crippen LogP contribution in [0.2, 0.25) is 18.6 Å². The zero-order chi connectivity index (χ0) is 39.9. The summed E-state index contributed by atoms with van der Waals surface area (Å²) >= 11 is 0. The van der Waals surface area contributed by atoms with Gasteiger partial charge in [0, 0.05) is 42.9 Å². The Balaban J connectivity index is 1.14. The quantitative estimate of drug-likeness (QED) is 0.136. The molecule has 2 fully saturated rings. The molecule has 2 amide bonds. The van der Waals surface area contributed by atoms with E-state index in [1.807, 2.05) is 106 Å². The van der Waals surface area contributed by atoms with E-state index in [-0.39, 0.29) is 41.9 Å². The number of rotatable bonds is 13. The molecule has 2 saturated heterocycles. The number of anilines is 2. The van der Waals surface area contributed by atoms with Crippen molar-refractivity contribution in [2.75, 3.05) is 37.2 Å². The molecular weight excluding hydrogens is 735 g/mol. The van der Waals surface area contributed by atoms with Crippen molar-refractivity contribution in [1.82, 2.24) is 15.0 Å². The van der Waals surface area contributed by atoms with Crippen LogP contribution >= 0.6 is 0 Å². The van der Waals surface area contributed by atoms with E-state index in [0.29, 0.717) is 37.4 Å². The van der Waals surface area contributed by atoms with E-state index in [0.717, 1.165) is 46.8 Å². The first-order valence-corrected chi connectivity index (χ1v) is 22.9. The molecule has 0 bridgehead atoms. The Morgan fingerprint density at radius 3 is 2.33 bits per heavy atom. The van der Waals surface area contributed by atoms with Gasteiger partial charge >= 0.3 is 0 Å². The number of aliphatic hydroxyl groups is 1. The molecule has 4 aromatic carbocycles. The van der Waals surface area contributed by atoms with Crippen LogP contribution in [-0.2, 0) is 33.0 Å². The molecule has 5 atom stereocenters. The zero-order valence-electron chi connectivity index (χ0n) is 33.3. The zero-order valence-corrected chi connectivity index (χ0v) is 34.3. The number of carbonyl (C=O) groups is 2. The summed E-state index contributed by atoms with van der Waals surface area (Å²) in [4.78, 5) is 31.5. The van der Waals surface area contributed by atoms with Crippen LogP contribution in [0, 0.1) is 5.92 Å². The molecular formula is C45H51N5O6Si. The molecule has 1 unspecified atom stereocenters. The van der Waals surface area contributed by atoms with Gasteiger partial charge in [0.1, 0.15) is 11.5 Å². The third-order valence-corrected chi connectivity index (χ3v) is 17.0. The molecule has 5 aromatic rings. The number of methoxy groups -OCH3 is 2. The van der Waals surface area contributed by atoms with Gasteiger partial charge in [0.25, 0.3) is 5.91 Å². The molecule has 4 heterocycles. The summed E-state index contributed by atoms with van der Waals surface area (Å²) in [5.74, 6) is 1.05. The number of amides is 2. The minimum Gasteiger partial charge on any atom is -0.497 e. The van der Waals surface area contributed by atoms with Crippen molar-refractivity contribution in [3.05, 3.63) is 126 Å². The van der Waals surface area contributed by atoms with Gasteiger partial charge in [-0.3, -0.25) is 14.3 Å². The monoisotopic (exact) mass is 785 g/mol. The second kappa shape index (κ2) is 15.6. The number of hydrogen-bond acceptors (Lipinski definition) is 8. The van der Waals surface area contributed by atoms with E-state index >= 15 is 4.79 Å². The second-order valence-corrected chi connectivity index (χ2v) is 20.8. The van der Waals surface area contributed by atoms with Crippen LogP contribution in [0.25, 0.3) is 0 Å². The van der Waals surface area contributed by atoms with E-state index < -0.39 is 13.7 Å². The molecule has 3 aliphatic heterocycles. The van der Waals surface area contributed by atoms with Gasteiger partial charge in [-0.25, -0.2) is 0 Å². The average Bonchev–Trinajstić information content (AvgIpc) is 4.01. The first-order valence-electron chi connectivity index (χ1n) is 19.9. The molecule has 1 N–H and O–H groups in total. The van der Waals surface area contributed by atoms with Gasteiger partial charge < -0.3 is 29.1 Å². The highest BCUT2D eigenvalue weighted by atomic mass is 28.3. The topological polar surface area (TPSA) is 119 Å². The molecule has 57 heavy (non-hydrogen) atoms. The second-order valence-electron chi connectivity index (χ2n) is 16.1. The summed E-state index contributed by atoms with van der Waals surface area (Å²) in [6, 6.07) is 32.1. The third-order valence-electron chi connectivity index (χ3n) is 12.6.